The standard InChI is InChI=1S/C35H37F4N7O2/c1-4-46-32(42-27-12-6-5-7-13-27)30(28(41)21-45(22-40)19-9-18-44(2)3)29(23-14-16-26(36)17-15-23)31(34(46)48)43-33(47)24-10-8-11-25(20-24)35(37,38)39/h5-8,10-17,20,29,31H,4,9,18-19,21,41H2,1-3H3,(H,43,47)/b30-28-,42-32?/t29-,31-/m0/s1. The highest BCUT2D eigenvalue weighted by atomic mass is 19.4. The van der Waals surface area contributed by atoms with Crippen LogP contribution in [0.3, 0.4) is 0 Å². The number of piperidine rings is 1. The van der Waals surface area contributed by atoms with Crippen molar-refractivity contribution < 1.29 is 27.2 Å². The van der Waals surface area contributed by atoms with Crippen LogP contribution in [0.2, 0.25) is 0 Å². The van der Waals surface area contributed by atoms with Gasteiger partial charge >= 0.3 is 6.18 Å². The summed E-state index contributed by atoms with van der Waals surface area (Å²) in [5, 5.41) is 12.6. The minimum atomic E-state index is -4.70. The SMILES string of the molecule is CCN1C(=O)[C@@H](NC(=O)c2cccc(C(F)(F)F)c2)[C@@H](c2ccc(F)cc2)/C(=C(/N)CN(C#N)CCCN(C)C)C1=Nc1ccccc1. The molecule has 2 atom stereocenters. The van der Waals surface area contributed by atoms with E-state index in [0.29, 0.717) is 35.9 Å². The highest BCUT2D eigenvalue weighted by Crippen LogP contribution is 2.38. The van der Waals surface area contributed by atoms with E-state index < -0.39 is 41.3 Å². The van der Waals surface area contributed by atoms with Gasteiger partial charge in [0.1, 0.15) is 17.7 Å². The summed E-state index contributed by atoms with van der Waals surface area (Å²) in [6, 6.07) is 16.6. The van der Waals surface area contributed by atoms with Gasteiger partial charge in [0, 0.05) is 35.8 Å². The largest absolute Gasteiger partial charge is 0.416 e. The first-order chi connectivity index (χ1) is 22.8. The molecule has 48 heavy (non-hydrogen) atoms. The molecule has 0 saturated carbocycles. The summed E-state index contributed by atoms with van der Waals surface area (Å²) in [6.07, 6.45) is -1.88. The van der Waals surface area contributed by atoms with Gasteiger partial charge < -0.3 is 20.9 Å². The van der Waals surface area contributed by atoms with E-state index in [9.17, 15) is 32.4 Å². The van der Waals surface area contributed by atoms with Crippen molar-refractivity contribution in [3.8, 4) is 6.19 Å². The van der Waals surface area contributed by atoms with Crippen molar-refractivity contribution in [1.29, 1.82) is 5.26 Å². The van der Waals surface area contributed by atoms with Gasteiger partial charge in [0.2, 0.25) is 0 Å². The lowest BCUT2D eigenvalue weighted by Crippen LogP contribution is -2.59. The van der Waals surface area contributed by atoms with E-state index in [1.54, 1.807) is 37.3 Å². The average Bonchev–Trinajstić information content (AvgIpc) is 3.05. The number of nitrogens with zero attached hydrogens (tertiary/aromatic N) is 5. The number of rotatable bonds is 11. The molecule has 1 aliphatic heterocycles. The van der Waals surface area contributed by atoms with Crippen LogP contribution in [0.25, 0.3) is 0 Å². The van der Waals surface area contributed by atoms with Gasteiger partial charge in [0.25, 0.3) is 11.8 Å². The number of para-hydroxylation sites is 1. The number of halogens is 4. The zero-order valence-corrected chi connectivity index (χ0v) is 26.8. The molecule has 1 heterocycles. The molecule has 1 aliphatic rings. The predicted molar refractivity (Wildman–Crippen MR) is 174 cm³/mol. The minimum absolute atomic E-state index is 0.0508. The number of likely N-dealkylation sites (tertiary alicyclic amines) is 1. The number of likely N-dealkylation sites (N-methyl/N-ethyl adjacent to an activating group) is 1. The molecule has 252 valence electrons. The van der Waals surface area contributed by atoms with Gasteiger partial charge in [-0.05, 0) is 82.0 Å². The highest BCUT2D eigenvalue weighted by Gasteiger charge is 2.46. The first-order valence-electron chi connectivity index (χ1n) is 15.3. The molecule has 3 N–H and O–H groups in total. The molecule has 0 aromatic heterocycles. The van der Waals surface area contributed by atoms with Crippen LogP contribution in [0.1, 0.15) is 40.7 Å². The lowest BCUT2D eigenvalue weighted by atomic mass is 9.78. The van der Waals surface area contributed by atoms with Crippen molar-refractivity contribution in [3.63, 3.8) is 0 Å². The van der Waals surface area contributed by atoms with E-state index in [4.69, 9.17) is 10.7 Å². The Bertz CT molecular complexity index is 1700. The van der Waals surface area contributed by atoms with Crippen LogP contribution >= 0.6 is 0 Å². The van der Waals surface area contributed by atoms with E-state index in [1.807, 2.05) is 19.0 Å². The number of carbonyl (C=O) groups excluding carboxylic acids is 2. The Morgan fingerprint density at radius 1 is 1.04 bits per heavy atom. The van der Waals surface area contributed by atoms with Gasteiger partial charge in [-0.1, -0.05) is 36.4 Å². The maximum absolute atomic E-state index is 14.3. The minimum Gasteiger partial charge on any atom is -0.400 e. The maximum Gasteiger partial charge on any atom is 0.416 e. The molecule has 1 saturated heterocycles. The number of alkyl halides is 3. The highest BCUT2D eigenvalue weighted by molar-refractivity contribution is 6.15. The van der Waals surface area contributed by atoms with Crippen molar-refractivity contribution in [2.75, 3.05) is 40.3 Å². The van der Waals surface area contributed by atoms with Gasteiger partial charge in [0.15, 0.2) is 6.19 Å². The maximum atomic E-state index is 14.3. The van der Waals surface area contributed by atoms with Crippen molar-refractivity contribution in [1.82, 2.24) is 20.0 Å². The molecular weight excluding hydrogens is 626 g/mol. The molecule has 3 aromatic rings. The predicted octanol–water partition coefficient (Wildman–Crippen LogP) is 5.27. The van der Waals surface area contributed by atoms with Crippen molar-refractivity contribution in [3.05, 3.63) is 113 Å². The molecule has 0 unspecified atom stereocenters. The fourth-order valence-corrected chi connectivity index (χ4v) is 5.53. The van der Waals surface area contributed by atoms with Crippen LogP contribution in [0.4, 0.5) is 23.2 Å². The van der Waals surface area contributed by atoms with Crippen LogP contribution < -0.4 is 11.1 Å². The first kappa shape index (κ1) is 35.6. The molecule has 2 amide bonds. The van der Waals surface area contributed by atoms with Gasteiger partial charge in [-0.3, -0.25) is 14.5 Å². The number of carbonyl (C=O) groups is 2. The second kappa shape index (κ2) is 15.6. The fourth-order valence-electron chi connectivity index (χ4n) is 5.53. The number of aliphatic imine (C=N–C) groups is 1. The number of nitriles is 1. The fraction of sp³-hybridized carbons (Fsp3) is 0.314. The van der Waals surface area contributed by atoms with E-state index >= 15 is 0 Å². The number of hydrogen-bond donors (Lipinski definition) is 2. The molecular formula is C35H37F4N7O2. The molecule has 13 heteroatoms. The first-order valence-corrected chi connectivity index (χ1v) is 15.3. The van der Waals surface area contributed by atoms with Crippen molar-refractivity contribution in [2.45, 2.75) is 31.5 Å². The van der Waals surface area contributed by atoms with Gasteiger partial charge in [-0.2, -0.15) is 18.4 Å². The zero-order chi connectivity index (χ0) is 35.0. The molecule has 0 bridgehead atoms. The monoisotopic (exact) mass is 663 g/mol. The van der Waals surface area contributed by atoms with Gasteiger partial charge in [0.05, 0.1) is 17.8 Å². The molecule has 0 aliphatic carbocycles. The third kappa shape index (κ3) is 8.57. The quantitative estimate of drug-likeness (QED) is 0.164. The molecule has 0 spiro atoms. The Labute approximate surface area is 276 Å². The van der Waals surface area contributed by atoms with E-state index in [0.717, 1.165) is 18.7 Å². The number of nitrogens with two attached hydrogens (primary N) is 1. The summed E-state index contributed by atoms with van der Waals surface area (Å²) in [5.74, 6) is -2.95. The third-order valence-corrected chi connectivity index (χ3v) is 7.83. The third-order valence-electron chi connectivity index (χ3n) is 7.83. The summed E-state index contributed by atoms with van der Waals surface area (Å²) in [7, 11) is 3.83. The Hall–Kier alpha value is -5.22. The summed E-state index contributed by atoms with van der Waals surface area (Å²) in [4.78, 5) is 37.5. The van der Waals surface area contributed by atoms with Crippen LogP contribution in [0, 0.1) is 17.3 Å². The van der Waals surface area contributed by atoms with E-state index in [2.05, 4.69) is 11.5 Å². The van der Waals surface area contributed by atoms with Crippen LogP contribution in [0.5, 0.6) is 0 Å². The van der Waals surface area contributed by atoms with Crippen molar-refractivity contribution in [2.24, 2.45) is 10.7 Å². The summed E-state index contributed by atoms with van der Waals surface area (Å²) in [5.41, 5.74) is 6.89. The van der Waals surface area contributed by atoms with Crippen LogP contribution in [-0.2, 0) is 11.0 Å². The second-order valence-corrected chi connectivity index (χ2v) is 11.5. The van der Waals surface area contributed by atoms with Crippen LogP contribution in [0.15, 0.2) is 95.1 Å². The van der Waals surface area contributed by atoms with Crippen LogP contribution in [-0.4, -0.2) is 78.7 Å². The number of amidine groups is 1. The summed E-state index contributed by atoms with van der Waals surface area (Å²) < 4.78 is 54.7. The molecule has 9 nitrogen and oxygen atoms in total. The number of benzene rings is 3. The topological polar surface area (TPSA) is 118 Å². The molecule has 3 aromatic carbocycles. The molecule has 4 rings (SSSR count). The lowest BCUT2D eigenvalue weighted by Gasteiger charge is -2.41. The lowest BCUT2D eigenvalue weighted by molar-refractivity contribution is -0.137. The number of nitrogens with one attached hydrogen (secondary N) is 1. The van der Waals surface area contributed by atoms with E-state index in [1.165, 1.54) is 40.1 Å². The Kier molecular flexibility index (Phi) is 11.6. The summed E-state index contributed by atoms with van der Waals surface area (Å²) in [6.45, 7) is 2.85. The molecule has 1 fully saturated rings. The average molecular weight is 664 g/mol. The normalized spacial score (nSPS) is 18.5. The Morgan fingerprint density at radius 3 is 2.33 bits per heavy atom. The van der Waals surface area contributed by atoms with Crippen molar-refractivity contribution >= 4 is 23.3 Å². The van der Waals surface area contributed by atoms with Gasteiger partial charge in [-0.15, -0.1) is 0 Å². The van der Waals surface area contributed by atoms with E-state index in [-0.39, 0.29) is 30.2 Å². The number of hydrogen-bond acceptors (Lipinski definition) is 7. The van der Waals surface area contributed by atoms with Gasteiger partial charge in [-0.25, -0.2) is 9.38 Å². The second-order valence-electron chi connectivity index (χ2n) is 11.5. The Balaban J connectivity index is 1.90. The number of amides is 2. The smallest absolute Gasteiger partial charge is 0.400 e. The summed E-state index contributed by atoms with van der Waals surface area (Å²) >= 11 is 0. The molecule has 0 radical (unpaired) electrons. The zero-order valence-electron chi connectivity index (χ0n) is 26.8. The Morgan fingerprint density at radius 2 is 1.73 bits per heavy atom.